The Morgan fingerprint density at radius 2 is 1.85 bits per heavy atom. The Balaban J connectivity index is 0.00000306. The summed E-state index contributed by atoms with van der Waals surface area (Å²) in [5.41, 5.74) is 3.80. The smallest absolute Gasteiger partial charge is 0.191 e. The highest BCUT2D eigenvalue weighted by molar-refractivity contribution is 14.0. The van der Waals surface area contributed by atoms with Crippen LogP contribution in [-0.4, -0.2) is 50.9 Å². The zero-order chi connectivity index (χ0) is 22.2. The summed E-state index contributed by atoms with van der Waals surface area (Å²) in [5, 5.41) is 8.22. The van der Waals surface area contributed by atoms with Gasteiger partial charge in [0.1, 0.15) is 5.75 Å². The number of benzene rings is 2. The summed E-state index contributed by atoms with van der Waals surface area (Å²) in [7, 11) is 1.70. The van der Waals surface area contributed by atoms with E-state index in [-0.39, 0.29) is 29.4 Å². The first-order valence-electron chi connectivity index (χ1n) is 11.5. The molecule has 33 heavy (non-hydrogen) atoms. The van der Waals surface area contributed by atoms with Crippen LogP contribution in [0, 0.1) is 0 Å². The number of rotatable bonds is 8. The molecule has 0 atom stereocenters. The largest absolute Gasteiger partial charge is 0.497 e. The molecule has 0 bridgehead atoms. The second-order valence-corrected chi connectivity index (χ2v) is 8.35. The van der Waals surface area contributed by atoms with Crippen molar-refractivity contribution in [3.8, 4) is 5.75 Å². The maximum atomic E-state index is 5.68. The van der Waals surface area contributed by atoms with E-state index in [2.05, 4.69) is 65.1 Å². The lowest BCUT2D eigenvalue weighted by molar-refractivity contribution is 0.0531. The number of hydrogen-bond donors (Lipinski definition) is 3. The van der Waals surface area contributed by atoms with E-state index in [4.69, 9.17) is 14.5 Å². The van der Waals surface area contributed by atoms with Crippen LogP contribution in [0.3, 0.4) is 0 Å². The van der Waals surface area contributed by atoms with Crippen LogP contribution >= 0.6 is 24.0 Å². The van der Waals surface area contributed by atoms with Crippen molar-refractivity contribution in [2.24, 2.45) is 4.99 Å². The second-order valence-electron chi connectivity index (χ2n) is 8.35. The standard InChI is InChI=1S/C26H34N4O2.HI/c1-3-27-25(28-15-12-20-18-29-24-7-5-4-6-23(20)24)30-19-26(13-16-32-17-14-26)21-8-10-22(31-2)11-9-21;/h4-11,18,29H,3,12-17,19H2,1-2H3,(H2,27,28,30);1H. The summed E-state index contributed by atoms with van der Waals surface area (Å²) in [4.78, 5) is 8.37. The van der Waals surface area contributed by atoms with Gasteiger partial charge < -0.3 is 25.1 Å². The van der Waals surface area contributed by atoms with Crippen LogP contribution in [0.25, 0.3) is 10.9 Å². The number of H-pyrrole nitrogens is 1. The number of halogens is 1. The second kappa shape index (κ2) is 12.3. The van der Waals surface area contributed by atoms with Gasteiger partial charge in [-0.3, -0.25) is 4.99 Å². The molecule has 7 heteroatoms. The lowest BCUT2D eigenvalue weighted by atomic mass is 9.74. The Morgan fingerprint density at radius 1 is 1.09 bits per heavy atom. The van der Waals surface area contributed by atoms with E-state index in [1.807, 2.05) is 12.1 Å². The lowest BCUT2D eigenvalue weighted by Crippen LogP contribution is -2.41. The summed E-state index contributed by atoms with van der Waals surface area (Å²) in [6.45, 7) is 6.03. The number of aromatic amines is 1. The topological polar surface area (TPSA) is 70.7 Å². The molecule has 6 nitrogen and oxygen atoms in total. The molecule has 1 fully saturated rings. The van der Waals surface area contributed by atoms with Crippen LogP contribution in [0.15, 0.2) is 59.7 Å². The number of nitrogens with one attached hydrogen (secondary N) is 3. The Labute approximate surface area is 213 Å². The van der Waals surface area contributed by atoms with E-state index < -0.39 is 0 Å². The van der Waals surface area contributed by atoms with Gasteiger partial charge in [-0.2, -0.15) is 0 Å². The van der Waals surface area contributed by atoms with E-state index in [1.165, 1.54) is 22.0 Å². The normalized spacial score (nSPS) is 15.6. The van der Waals surface area contributed by atoms with Crippen molar-refractivity contribution in [3.63, 3.8) is 0 Å². The third-order valence-corrected chi connectivity index (χ3v) is 6.40. The van der Waals surface area contributed by atoms with Gasteiger partial charge in [0.05, 0.1) is 13.7 Å². The number of fused-ring (bicyclic) bond motifs is 1. The van der Waals surface area contributed by atoms with E-state index in [1.54, 1.807) is 7.11 Å². The average Bonchev–Trinajstić information content (AvgIpc) is 3.26. The minimum atomic E-state index is -0.0102. The summed E-state index contributed by atoms with van der Waals surface area (Å²) in [6, 6.07) is 16.9. The van der Waals surface area contributed by atoms with Gasteiger partial charge in [-0.1, -0.05) is 30.3 Å². The molecule has 1 aliphatic rings. The quantitative estimate of drug-likeness (QED) is 0.213. The predicted octanol–water partition coefficient (Wildman–Crippen LogP) is 4.64. The minimum absolute atomic E-state index is 0. The van der Waals surface area contributed by atoms with Crippen LogP contribution in [0.2, 0.25) is 0 Å². The van der Waals surface area contributed by atoms with Crippen molar-refractivity contribution < 1.29 is 9.47 Å². The van der Waals surface area contributed by atoms with Crippen LogP contribution in [0.5, 0.6) is 5.75 Å². The molecule has 0 amide bonds. The molecule has 0 unspecified atom stereocenters. The molecule has 0 spiro atoms. The summed E-state index contributed by atoms with van der Waals surface area (Å²) < 4.78 is 11.0. The highest BCUT2D eigenvalue weighted by atomic mass is 127. The number of para-hydroxylation sites is 1. The number of hydrogen-bond acceptors (Lipinski definition) is 3. The minimum Gasteiger partial charge on any atom is -0.497 e. The third-order valence-electron chi connectivity index (χ3n) is 6.40. The van der Waals surface area contributed by atoms with Crippen molar-refractivity contribution in [3.05, 3.63) is 65.9 Å². The molecule has 2 heterocycles. The lowest BCUT2D eigenvalue weighted by Gasteiger charge is -2.36. The molecule has 4 rings (SSSR count). The molecule has 0 aliphatic carbocycles. The molecule has 1 saturated heterocycles. The van der Waals surface area contributed by atoms with Gasteiger partial charge in [0.25, 0.3) is 0 Å². The van der Waals surface area contributed by atoms with E-state index in [0.717, 1.165) is 63.8 Å². The van der Waals surface area contributed by atoms with Gasteiger partial charge in [0.15, 0.2) is 5.96 Å². The van der Waals surface area contributed by atoms with Crippen molar-refractivity contribution in [1.82, 2.24) is 15.6 Å². The zero-order valence-electron chi connectivity index (χ0n) is 19.5. The molecule has 178 valence electrons. The Bertz CT molecular complexity index is 1030. The molecular formula is C26H35IN4O2. The maximum Gasteiger partial charge on any atom is 0.191 e. The Kier molecular flexibility index (Phi) is 9.43. The number of ether oxygens (including phenoxy) is 2. The van der Waals surface area contributed by atoms with Gasteiger partial charge in [-0.15, -0.1) is 24.0 Å². The molecule has 2 aromatic carbocycles. The van der Waals surface area contributed by atoms with Crippen LogP contribution in [0.1, 0.15) is 30.9 Å². The van der Waals surface area contributed by atoms with Crippen molar-refractivity contribution in [2.75, 3.05) is 40.0 Å². The summed E-state index contributed by atoms with van der Waals surface area (Å²) >= 11 is 0. The molecule has 1 aliphatic heterocycles. The molecule has 3 aromatic rings. The molecule has 0 radical (unpaired) electrons. The van der Waals surface area contributed by atoms with Crippen molar-refractivity contribution in [1.29, 1.82) is 0 Å². The maximum absolute atomic E-state index is 5.68. The summed E-state index contributed by atoms with van der Waals surface area (Å²) in [6.07, 6.45) is 4.98. The van der Waals surface area contributed by atoms with Gasteiger partial charge in [-0.25, -0.2) is 0 Å². The Hall–Kier alpha value is -2.26. The number of nitrogens with zero attached hydrogens (tertiary/aromatic N) is 1. The van der Waals surface area contributed by atoms with Gasteiger partial charge in [-0.05, 0) is 55.5 Å². The highest BCUT2D eigenvalue weighted by Gasteiger charge is 2.34. The fraction of sp³-hybridized carbons (Fsp3) is 0.423. The Morgan fingerprint density at radius 3 is 2.58 bits per heavy atom. The van der Waals surface area contributed by atoms with Crippen LogP contribution < -0.4 is 15.4 Å². The summed E-state index contributed by atoms with van der Waals surface area (Å²) in [5.74, 6) is 1.75. The SMILES string of the molecule is CCNC(=NCC1(c2ccc(OC)cc2)CCOCC1)NCCc1c[nH]c2ccccc12.I. The highest BCUT2D eigenvalue weighted by Crippen LogP contribution is 2.36. The molecular weight excluding hydrogens is 527 g/mol. The monoisotopic (exact) mass is 562 g/mol. The number of guanidine groups is 1. The molecule has 3 N–H and O–H groups in total. The van der Waals surface area contributed by atoms with Crippen LogP contribution in [0.4, 0.5) is 0 Å². The fourth-order valence-corrected chi connectivity index (χ4v) is 4.47. The number of aliphatic imine (C=N–C) groups is 1. The first-order chi connectivity index (χ1) is 15.7. The molecule has 1 aromatic heterocycles. The van der Waals surface area contributed by atoms with Crippen molar-refractivity contribution in [2.45, 2.75) is 31.6 Å². The van der Waals surface area contributed by atoms with Crippen molar-refractivity contribution >= 4 is 40.8 Å². The first-order valence-corrected chi connectivity index (χ1v) is 11.5. The van der Waals surface area contributed by atoms with Gasteiger partial charge >= 0.3 is 0 Å². The third kappa shape index (κ3) is 6.20. The zero-order valence-corrected chi connectivity index (χ0v) is 21.9. The van der Waals surface area contributed by atoms with E-state index >= 15 is 0 Å². The van der Waals surface area contributed by atoms with Gasteiger partial charge in [0.2, 0.25) is 0 Å². The average molecular weight is 562 g/mol. The van der Waals surface area contributed by atoms with E-state index in [9.17, 15) is 0 Å². The number of aromatic nitrogens is 1. The predicted molar refractivity (Wildman–Crippen MR) is 146 cm³/mol. The fourth-order valence-electron chi connectivity index (χ4n) is 4.47. The molecule has 0 saturated carbocycles. The first kappa shape index (κ1) is 25.4. The van der Waals surface area contributed by atoms with E-state index in [0.29, 0.717) is 0 Å². The van der Waals surface area contributed by atoms with Gasteiger partial charge in [0, 0.05) is 48.8 Å². The van der Waals surface area contributed by atoms with Crippen LogP contribution in [-0.2, 0) is 16.6 Å². The number of methoxy groups -OCH3 is 1.